The van der Waals surface area contributed by atoms with Gasteiger partial charge in [-0.3, -0.25) is 10.1 Å². The number of benzene rings is 2. The third kappa shape index (κ3) is 3.33. The lowest BCUT2D eigenvalue weighted by atomic mass is 10.0. The van der Waals surface area contributed by atoms with Gasteiger partial charge < -0.3 is 9.84 Å². The second kappa shape index (κ2) is 6.16. The normalized spacial score (nSPS) is 11.9. The summed E-state index contributed by atoms with van der Waals surface area (Å²) in [6, 6.07) is 13.4. The molecule has 0 aliphatic heterocycles. The first-order valence-electron chi connectivity index (χ1n) is 6.15. The maximum absolute atomic E-state index is 10.6. The molecule has 0 saturated carbocycles. The van der Waals surface area contributed by atoms with Gasteiger partial charge in [-0.25, -0.2) is 0 Å². The zero-order valence-corrected chi connectivity index (χ0v) is 11.0. The SMILES string of the molecule is COc1cccc(C(O)Cc2ccc([N+](=O)[O-])cc2)c1. The molecule has 5 heteroatoms. The van der Waals surface area contributed by atoms with E-state index in [-0.39, 0.29) is 5.69 Å². The number of hydrogen-bond acceptors (Lipinski definition) is 4. The van der Waals surface area contributed by atoms with Gasteiger partial charge in [0.2, 0.25) is 0 Å². The maximum Gasteiger partial charge on any atom is 0.269 e. The molecule has 0 radical (unpaired) electrons. The summed E-state index contributed by atoms with van der Waals surface area (Å²) in [4.78, 5) is 10.1. The average Bonchev–Trinajstić information content (AvgIpc) is 2.47. The highest BCUT2D eigenvalue weighted by molar-refractivity contribution is 5.35. The third-order valence-electron chi connectivity index (χ3n) is 3.05. The molecule has 1 atom stereocenters. The summed E-state index contributed by atoms with van der Waals surface area (Å²) in [5.41, 5.74) is 1.64. The van der Waals surface area contributed by atoms with Crippen LogP contribution in [0.5, 0.6) is 5.75 Å². The number of methoxy groups -OCH3 is 1. The predicted molar refractivity (Wildman–Crippen MR) is 74.8 cm³/mol. The van der Waals surface area contributed by atoms with Crippen LogP contribution in [-0.2, 0) is 6.42 Å². The second-order valence-corrected chi connectivity index (χ2v) is 4.42. The molecule has 1 N–H and O–H groups in total. The molecule has 20 heavy (non-hydrogen) atoms. The van der Waals surface area contributed by atoms with Crippen LogP contribution in [0.2, 0.25) is 0 Å². The fraction of sp³-hybridized carbons (Fsp3) is 0.200. The van der Waals surface area contributed by atoms with Crippen molar-refractivity contribution < 1.29 is 14.8 Å². The Balaban J connectivity index is 2.10. The van der Waals surface area contributed by atoms with Crippen molar-refractivity contribution in [2.75, 3.05) is 7.11 Å². The molecule has 2 rings (SSSR count). The van der Waals surface area contributed by atoms with Gasteiger partial charge in [-0.05, 0) is 23.3 Å². The molecule has 1 unspecified atom stereocenters. The van der Waals surface area contributed by atoms with Gasteiger partial charge in [-0.2, -0.15) is 0 Å². The summed E-state index contributed by atoms with van der Waals surface area (Å²) in [6.45, 7) is 0. The van der Waals surface area contributed by atoms with Gasteiger partial charge in [-0.15, -0.1) is 0 Å². The number of nitrogens with zero attached hydrogens (tertiary/aromatic N) is 1. The highest BCUT2D eigenvalue weighted by Gasteiger charge is 2.11. The monoisotopic (exact) mass is 273 g/mol. The van der Waals surface area contributed by atoms with Crippen LogP contribution in [0.15, 0.2) is 48.5 Å². The maximum atomic E-state index is 10.6. The van der Waals surface area contributed by atoms with Crippen LogP contribution in [0, 0.1) is 10.1 Å². The Bertz CT molecular complexity index is 595. The fourth-order valence-electron chi connectivity index (χ4n) is 1.94. The van der Waals surface area contributed by atoms with Gasteiger partial charge in [0.25, 0.3) is 5.69 Å². The summed E-state index contributed by atoms with van der Waals surface area (Å²) < 4.78 is 5.11. The quantitative estimate of drug-likeness (QED) is 0.671. The van der Waals surface area contributed by atoms with E-state index < -0.39 is 11.0 Å². The number of hydrogen-bond donors (Lipinski definition) is 1. The topological polar surface area (TPSA) is 72.6 Å². The Kier molecular flexibility index (Phi) is 4.32. The van der Waals surface area contributed by atoms with E-state index in [0.717, 1.165) is 11.1 Å². The molecule has 0 amide bonds. The number of aliphatic hydroxyl groups excluding tert-OH is 1. The zero-order chi connectivity index (χ0) is 14.5. The lowest BCUT2D eigenvalue weighted by Crippen LogP contribution is -2.02. The largest absolute Gasteiger partial charge is 0.497 e. The molecule has 104 valence electrons. The van der Waals surface area contributed by atoms with Crippen molar-refractivity contribution in [3.05, 3.63) is 69.8 Å². The van der Waals surface area contributed by atoms with Crippen molar-refractivity contribution in [1.82, 2.24) is 0 Å². The molecule has 0 bridgehead atoms. The molecule has 0 aliphatic carbocycles. The lowest BCUT2D eigenvalue weighted by molar-refractivity contribution is -0.384. The summed E-state index contributed by atoms with van der Waals surface area (Å²) in [5, 5.41) is 20.8. The van der Waals surface area contributed by atoms with Crippen LogP contribution in [0.25, 0.3) is 0 Å². The Morgan fingerprint density at radius 2 is 1.95 bits per heavy atom. The summed E-state index contributed by atoms with van der Waals surface area (Å²) in [7, 11) is 1.57. The van der Waals surface area contributed by atoms with E-state index in [1.54, 1.807) is 25.3 Å². The number of nitro groups is 1. The highest BCUT2D eigenvalue weighted by atomic mass is 16.6. The standard InChI is InChI=1S/C15H15NO4/c1-20-14-4-2-3-12(10-14)15(17)9-11-5-7-13(8-6-11)16(18)19/h2-8,10,15,17H,9H2,1H3. The molecule has 0 saturated heterocycles. The fourth-order valence-corrected chi connectivity index (χ4v) is 1.94. The molecule has 0 heterocycles. The minimum Gasteiger partial charge on any atom is -0.497 e. The first-order valence-corrected chi connectivity index (χ1v) is 6.15. The van der Waals surface area contributed by atoms with Gasteiger partial charge in [0.1, 0.15) is 5.75 Å². The van der Waals surface area contributed by atoms with Crippen molar-refractivity contribution in [3.8, 4) is 5.75 Å². The van der Waals surface area contributed by atoms with E-state index in [1.807, 2.05) is 18.2 Å². The van der Waals surface area contributed by atoms with E-state index in [9.17, 15) is 15.2 Å². The van der Waals surface area contributed by atoms with Gasteiger partial charge in [-0.1, -0.05) is 24.3 Å². The van der Waals surface area contributed by atoms with Crippen molar-refractivity contribution in [1.29, 1.82) is 0 Å². The minimum atomic E-state index is -0.674. The molecule has 2 aromatic carbocycles. The Morgan fingerprint density at radius 3 is 2.55 bits per heavy atom. The van der Waals surface area contributed by atoms with Gasteiger partial charge >= 0.3 is 0 Å². The van der Waals surface area contributed by atoms with Crippen molar-refractivity contribution in [3.63, 3.8) is 0 Å². The van der Waals surface area contributed by atoms with Crippen LogP contribution in [0.1, 0.15) is 17.2 Å². The number of nitro benzene ring substituents is 1. The average molecular weight is 273 g/mol. The molecule has 0 aliphatic rings. The van der Waals surface area contributed by atoms with E-state index in [2.05, 4.69) is 0 Å². The van der Waals surface area contributed by atoms with Gasteiger partial charge in [0.05, 0.1) is 18.1 Å². The highest BCUT2D eigenvalue weighted by Crippen LogP contribution is 2.23. The molecule has 5 nitrogen and oxygen atoms in total. The summed E-state index contributed by atoms with van der Waals surface area (Å²) >= 11 is 0. The molecular weight excluding hydrogens is 258 g/mol. The van der Waals surface area contributed by atoms with Crippen LogP contribution in [0.3, 0.4) is 0 Å². The number of non-ortho nitro benzene ring substituents is 1. The van der Waals surface area contributed by atoms with E-state index in [1.165, 1.54) is 12.1 Å². The van der Waals surface area contributed by atoms with Crippen molar-refractivity contribution in [2.24, 2.45) is 0 Å². The van der Waals surface area contributed by atoms with E-state index in [4.69, 9.17) is 4.74 Å². The first-order chi connectivity index (χ1) is 9.60. The lowest BCUT2D eigenvalue weighted by Gasteiger charge is -2.12. The smallest absolute Gasteiger partial charge is 0.269 e. The van der Waals surface area contributed by atoms with Gasteiger partial charge in [0, 0.05) is 18.6 Å². The Labute approximate surface area is 116 Å². The van der Waals surface area contributed by atoms with Crippen molar-refractivity contribution in [2.45, 2.75) is 12.5 Å². The van der Waals surface area contributed by atoms with E-state index in [0.29, 0.717) is 12.2 Å². The zero-order valence-electron chi connectivity index (χ0n) is 11.0. The van der Waals surface area contributed by atoms with Crippen LogP contribution < -0.4 is 4.74 Å². The van der Waals surface area contributed by atoms with Crippen molar-refractivity contribution >= 4 is 5.69 Å². The Morgan fingerprint density at radius 1 is 1.25 bits per heavy atom. The van der Waals surface area contributed by atoms with Crippen LogP contribution in [0.4, 0.5) is 5.69 Å². The summed E-state index contributed by atoms with van der Waals surface area (Å²) in [6.07, 6.45) is -0.280. The molecule has 0 aromatic heterocycles. The summed E-state index contributed by atoms with van der Waals surface area (Å²) in [5.74, 6) is 0.685. The number of aliphatic hydroxyl groups is 1. The molecule has 2 aromatic rings. The minimum absolute atomic E-state index is 0.0459. The number of rotatable bonds is 5. The first kappa shape index (κ1) is 14.0. The second-order valence-electron chi connectivity index (χ2n) is 4.42. The van der Waals surface area contributed by atoms with E-state index >= 15 is 0 Å². The third-order valence-corrected chi connectivity index (χ3v) is 3.05. The predicted octanol–water partition coefficient (Wildman–Crippen LogP) is 2.88. The number of ether oxygens (including phenoxy) is 1. The Hall–Kier alpha value is -2.40. The van der Waals surface area contributed by atoms with Gasteiger partial charge in [0.15, 0.2) is 0 Å². The molecular formula is C15H15NO4. The van der Waals surface area contributed by atoms with Crippen LogP contribution >= 0.6 is 0 Å². The molecule has 0 spiro atoms. The molecule has 0 fully saturated rings. The van der Waals surface area contributed by atoms with Crippen LogP contribution in [-0.4, -0.2) is 17.1 Å².